The van der Waals surface area contributed by atoms with Crippen LogP contribution in [0.25, 0.3) is 0 Å². The van der Waals surface area contributed by atoms with Crippen molar-refractivity contribution in [3.8, 4) is 0 Å². The Morgan fingerprint density at radius 2 is 2.10 bits per heavy atom. The van der Waals surface area contributed by atoms with E-state index in [0.29, 0.717) is 6.04 Å². The molecule has 0 radical (unpaired) electrons. The molecule has 3 heteroatoms. The Morgan fingerprint density at radius 1 is 1.35 bits per heavy atom. The third-order valence-corrected chi connectivity index (χ3v) is 4.38. The lowest BCUT2D eigenvalue weighted by Gasteiger charge is -2.37. The molecule has 110 valence electrons. The number of hydrogen-bond donors (Lipinski definition) is 1. The maximum absolute atomic E-state index is 11.3. The fourth-order valence-electron chi connectivity index (χ4n) is 3.12. The maximum Gasteiger partial charge on any atom is 0.306 e. The molecular formula is C17H25NO2. The van der Waals surface area contributed by atoms with Gasteiger partial charge in [0, 0.05) is 12.6 Å². The van der Waals surface area contributed by atoms with Crippen molar-refractivity contribution in [3.63, 3.8) is 0 Å². The second kappa shape index (κ2) is 7.44. The van der Waals surface area contributed by atoms with Gasteiger partial charge in [-0.2, -0.15) is 0 Å². The highest BCUT2D eigenvalue weighted by atomic mass is 16.4. The highest BCUT2D eigenvalue weighted by Crippen LogP contribution is 2.26. The first kappa shape index (κ1) is 15.0. The number of nitrogens with zero attached hydrogens (tertiary/aromatic N) is 1. The summed E-state index contributed by atoms with van der Waals surface area (Å²) in [6.45, 7) is 4.01. The molecule has 2 rings (SSSR count). The highest BCUT2D eigenvalue weighted by molar-refractivity contribution is 5.69. The van der Waals surface area contributed by atoms with E-state index in [1.165, 1.54) is 18.4 Å². The zero-order valence-corrected chi connectivity index (χ0v) is 12.3. The first-order valence-electron chi connectivity index (χ1n) is 7.71. The SMILES string of the molecule is CCC(CC1CCCCN1Cc1ccccc1)C(=O)O. The minimum Gasteiger partial charge on any atom is -0.481 e. The molecule has 0 aliphatic carbocycles. The van der Waals surface area contributed by atoms with Gasteiger partial charge in [0.05, 0.1) is 5.92 Å². The van der Waals surface area contributed by atoms with E-state index in [1.54, 1.807) is 0 Å². The lowest BCUT2D eigenvalue weighted by Crippen LogP contribution is -2.40. The number of benzene rings is 1. The lowest BCUT2D eigenvalue weighted by atomic mass is 9.90. The van der Waals surface area contributed by atoms with Crippen molar-refractivity contribution in [1.82, 2.24) is 4.90 Å². The summed E-state index contributed by atoms with van der Waals surface area (Å²) >= 11 is 0. The van der Waals surface area contributed by atoms with E-state index in [4.69, 9.17) is 0 Å². The summed E-state index contributed by atoms with van der Waals surface area (Å²) < 4.78 is 0. The van der Waals surface area contributed by atoms with Gasteiger partial charge < -0.3 is 5.11 Å². The van der Waals surface area contributed by atoms with Gasteiger partial charge in [0.25, 0.3) is 0 Å². The number of carboxylic acid groups (broad SMARTS) is 1. The van der Waals surface area contributed by atoms with Crippen molar-refractivity contribution in [3.05, 3.63) is 35.9 Å². The third-order valence-electron chi connectivity index (χ3n) is 4.38. The second-order valence-corrected chi connectivity index (χ2v) is 5.78. The van der Waals surface area contributed by atoms with Crippen LogP contribution in [0.4, 0.5) is 0 Å². The van der Waals surface area contributed by atoms with Gasteiger partial charge in [-0.15, -0.1) is 0 Å². The largest absolute Gasteiger partial charge is 0.481 e. The number of hydrogen-bond acceptors (Lipinski definition) is 2. The number of rotatable bonds is 6. The molecule has 3 nitrogen and oxygen atoms in total. The van der Waals surface area contributed by atoms with Crippen LogP contribution in [-0.2, 0) is 11.3 Å². The van der Waals surface area contributed by atoms with Crippen molar-refractivity contribution in [2.24, 2.45) is 5.92 Å². The summed E-state index contributed by atoms with van der Waals surface area (Å²) in [6, 6.07) is 10.9. The van der Waals surface area contributed by atoms with Crippen molar-refractivity contribution >= 4 is 5.97 Å². The van der Waals surface area contributed by atoms with Gasteiger partial charge in [0.15, 0.2) is 0 Å². The van der Waals surface area contributed by atoms with Gasteiger partial charge >= 0.3 is 5.97 Å². The Hall–Kier alpha value is -1.35. The molecule has 2 unspecified atom stereocenters. The van der Waals surface area contributed by atoms with Crippen LogP contribution in [0.2, 0.25) is 0 Å². The predicted octanol–water partition coefficient (Wildman–Crippen LogP) is 3.54. The summed E-state index contributed by atoms with van der Waals surface area (Å²) in [4.78, 5) is 13.7. The minimum absolute atomic E-state index is 0.198. The first-order chi connectivity index (χ1) is 9.70. The standard InChI is InChI=1S/C17H25NO2/c1-2-15(17(19)20)12-16-10-6-7-11-18(16)13-14-8-4-3-5-9-14/h3-5,8-9,15-16H,2,6-7,10-13H2,1H3,(H,19,20). The number of piperidine rings is 1. The Balaban J connectivity index is 1.99. The van der Waals surface area contributed by atoms with Crippen LogP contribution in [-0.4, -0.2) is 28.6 Å². The van der Waals surface area contributed by atoms with Crippen LogP contribution in [0.15, 0.2) is 30.3 Å². The molecule has 1 heterocycles. The topological polar surface area (TPSA) is 40.5 Å². The number of carbonyl (C=O) groups is 1. The molecule has 0 bridgehead atoms. The molecule has 1 N–H and O–H groups in total. The van der Waals surface area contributed by atoms with E-state index in [-0.39, 0.29) is 5.92 Å². The van der Waals surface area contributed by atoms with Crippen LogP contribution in [0.5, 0.6) is 0 Å². The molecule has 1 fully saturated rings. The predicted molar refractivity (Wildman–Crippen MR) is 80.5 cm³/mol. The number of carboxylic acids is 1. The fraction of sp³-hybridized carbons (Fsp3) is 0.588. The molecular weight excluding hydrogens is 250 g/mol. The molecule has 20 heavy (non-hydrogen) atoms. The van der Waals surface area contributed by atoms with Crippen molar-refractivity contribution in [2.45, 2.75) is 51.6 Å². The van der Waals surface area contributed by atoms with E-state index < -0.39 is 5.97 Å². The zero-order valence-electron chi connectivity index (χ0n) is 12.3. The highest BCUT2D eigenvalue weighted by Gasteiger charge is 2.27. The molecule has 1 aliphatic rings. The average Bonchev–Trinajstić information content (AvgIpc) is 2.47. The Kier molecular flexibility index (Phi) is 5.60. The van der Waals surface area contributed by atoms with Gasteiger partial charge in [-0.3, -0.25) is 9.69 Å². The van der Waals surface area contributed by atoms with Gasteiger partial charge in [0.2, 0.25) is 0 Å². The monoisotopic (exact) mass is 275 g/mol. The van der Waals surface area contributed by atoms with E-state index in [0.717, 1.165) is 32.4 Å². The Labute approximate surface area is 121 Å². The third kappa shape index (κ3) is 4.07. The molecule has 1 aromatic carbocycles. The number of aliphatic carboxylic acids is 1. The molecule has 1 aliphatic heterocycles. The smallest absolute Gasteiger partial charge is 0.306 e. The summed E-state index contributed by atoms with van der Waals surface area (Å²) in [5.74, 6) is -0.839. The van der Waals surface area contributed by atoms with Crippen LogP contribution < -0.4 is 0 Å². The Morgan fingerprint density at radius 3 is 2.75 bits per heavy atom. The van der Waals surface area contributed by atoms with Crippen molar-refractivity contribution in [2.75, 3.05) is 6.54 Å². The molecule has 1 saturated heterocycles. The fourth-order valence-corrected chi connectivity index (χ4v) is 3.12. The normalized spacial score (nSPS) is 21.6. The molecule has 1 aromatic rings. The maximum atomic E-state index is 11.3. The molecule has 0 spiro atoms. The van der Waals surface area contributed by atoms with Crippen LogP contribution in [0.1, 0.15) is 44.6 Å². The lowest BCUT2D eigenvalue weighted by molar-refractivity contribution is -0.142. The van der Waals surface area contributed by atoms with Gasteiger partial charge in [-0.05, 0) is 37.8 Å². The summed E-state index contributed by atoms with van der Waals surface area (Å²) in [7, 11) is 0. The van der Waals surface area contributed by atoms with E-state index >= 15 is 0 Å². The first-order valence-corrected chi connectivity index (χ1v) is 7.71. The van der Waals surface area contributed by atoms with E-state index in [1.807, 2.05) is 13.0 Å². The van der Waals surface area contributed by atoms with E-state index in [2.05, 4.69) is 29.2 Å². The molecule has 2 atom stereocenters. The summed E-state index contributed by atoms with van der Waals surface area (Å²) in [5.41, 5.74) is 1.32. The van der Waals surface area contributed by atoms with Crippen LogP contribution in [0, 0.1) is 5.92 Å². The van der Waals surface area contributed by atoms with Crippen LogP contribution in [0.3, 0.4) is 0 Å². The van der Waals surface area contributed by atoms with E-state index in [9.17, 15) is 9.90 Å². The minimum atomic E-state index is -0.641. The van der Waals surface area contributed by atoms with Gasteiger partial charge in [0.1, 0.15) is 0 Å². The summed E-state index contributed by atoms with van der Waals surface area (Å²) in [5, 5.41) is 9.26. The zero-order chi connectivity index (χ0) is 14.4. The quantitative estimate of drug-likeness (QED) is 0.863. The van der Waals surface area contributed by atoms with Crippen LogP contribution >= 0.6 is 0 Å². The molecule has 0 aromatic heterocycles. The average molecular weight is 275 g/mol. The number of likely N-dealkylation sites (tertiary alicyclic amines) is 1. The second-order valence-electron chi connectivity index (χ2n) is 5.78. The van der Waals surface area contributed by atoms with Gasteiger partial charge in [-0.1, -0.05) is 43.7 Å². The van der Waals surface area contributed by atoms with Gasteiger partial charge in [-0.25, -0.2) is 0 Å². The molecule has 0 saturated carbocycles. The summed E-state index contributed by atoms with van der Waals surface area (Å²) in [6.07, 6.45) is 5.11. The Bertz CT molecular complexity index is 418. The molecule has 0 amide bonds. The van der Waals surface area contributed by atoms with Crippen molar-refractivity contribution < 1.29 is 9.90 Å². The van der Waals surface area contributed by atoms with Crippen molar-refractivity contribution in [1.29, 1.82) is 0 Å².